The quantitative estimate of drug-likeness (QED) is 0.668. The second kappa shape index (κ2) is 5.45. The number of hydrogen-bond acceptors (Lipinski definition) is 1. The first-order chi connectivity index (χ1) is 10.1. The van der Waals surface area contributed by atoms with E-state index in [1.165, 1.54) is 27.8 Å². The molecule has 0 atom stereocenters. The van der Waals surface area contributed by atoms with Crippen molar-refractivity contribution in [2.45, 2.75) is 13.8 Å². The molecule has 0 bridgehead atoms. The van der Waals surface area contributed by atoms with E-state index >= 15 is 0 Å². The van der Waals surface area contributed by atoms with Crippen LogP contribution in [0.4, 0.5) is 0 Å². The molecule has 21 heavy (non-hydrogen) atoms. The molecule has 0 spiro atoms. The number of phenolic OH excluding ortho intramolecular Hbond substituents is 1. The van der Waals surface area contributed by atoms with Gasteiger partial charge in [-0.1, -0.05) is 48.5 Å². The van der Waals surface area contributed by atoms with Crippen molar-refractivity contribution in [2.24, 2.45) is 0 Å². The van der Waals surface area contributed by atoms with Gasteiger partial charge in [-0.05, 0) is 65.4 Å². The van der Waals surface area contributed by atoms with Crippen LogP contribution in [-0.2, 0) is 0 Å². The predicted octanol–water partition coefficient (Wildman–Crippen LogP) is 5.34. The molecule has 3 rings (SSSR count). The number of aryl methyl sites for hydroxylation is 2. The highest BCUT2D eigenvalue weighted by molar-refractivity contribution is 5.77. The average Bonchev–Trinajstić information content (AvgIpc) is 2.50. The van der Waals surface area contributed by atoms with Crippen molar-refractivity contribution in [2.75, 3.05) is 0 Å². The molecule has 3 aromatic carbocycles. The minimum atomic E-state index is 0.296. The topological polar surface area (TPSA) is 20.2 Å². The maximum Gasteiger partial charge on any atom is 0.115 e. The van der Waals surface area contributed by atoms with Gasteiger partial charge >= 0.3 is 0 Å². The van der Waals surface area contributed by atoms with Crippen molar-refractivity contribution in [3.8, 4) is 28.0 Å². The fraction of sp³-hybridized carbons (Fsp3) is 0.100. The summed E-state index contributed by atoms with van der Waals surface area (Å²) in [5, 5.41) is 9.42. The molecule has 0 aliphatic carbocycles. The summed E-state index contributed by atoms with van der Waals surface area (Å²) in [5.41, 5.74) is 7.37. The zero-order valence-corrected chi connectivity index (χ0v) is 12.3. The molecule has 0 radical (unpaired) electrons. The highest BCUT2D eigenvalue weighted by Crippen LogP contribution is 2.31. The van der Waals surface area contributed by atoms with Crippen molar-refractivity contribution in [1.82, 2.24) is 0 Å². The first-order valence-electron chi connectivity index (χ1n) is 7.11. The third-order valence-corrected chi connectivity index (χ3v) is 3.87. The molecule has 0 amide bonds. The van der Waals surface area contributed by atoms with E-state index in [1.807, 2.05) is 12.1 Å². The van der Waals surface area contributed by atoms with Gasteiger partial charge in [0.2, 0.25) is 0 Å². The fourth-order valence-corrected chi connectivity index (χ4v) is 2.62. The van der Waals surface area contributed by atoms with Crippen molar-refractivity contribution in [3.63, 3.8) is 0 Å². The van der Waals surface area contributed by atoms with Gasteiger partial charge in [-0.2, -0.15) is 0 Å². The van der Waals surface area contributed by atoms with Crippen molar-refractivity contribution in [1.29, 1.82) is 0 Å². The molecular formula is C20H18O. The molecule has 0 aromatic heterocycles. The summed E-state index contributed by atoms with van der Waals surface area (Å²) in [6.45, 7) is 4.28. The Morgan fingerprint density at radius 3 is 1.95 bits per heavy atom. The van der Waals surface area contributed by atoms with Gasteiger partial charge in [0.05, 0.1) is 0 Å². The van der Waals surface area contributed by atoms with Crippen molar-refractivity contribution in [3.05, 3.63) is 77.9 Å². The van der Waals surface area contributed by atoms with Crippen LogP contribution < -0.4 is 0 Å². The molecule has 0 saturated heterocycles. The van der Waals surface area contributed by atoms with Gasteiger partial charge < -0.3 is 5.11 Å². The lowest BCUT2D eigenvalue weighted by atomic mass is 9.93. The number of rotatable bonds is 2. The molecule has 3 aromatic rings. The first kappa shape index (κ1) is 13.4. The van der Waals surface area contributed by atoms with Crippen LogP contribution in [0.25, 0.3) is 22.3 Å². The third-order valence-electron chi connectivity index (χ3n) is 3.87. The third kappa shape index (κ3) is 2.68. The van der Waals surface area contributed by atoms with Crippen LogP contribution in [0.15, 0.2) is 66.7 Å². The van der Waals surface area contributed by atoms with Gasteiger partial charge in [-0.25, -0.2) is 0 Å². The Labute approximate surface area is 125 Å². The Kier molecular flexibility index (Phi) is 3.49. The Hall–Kier alpha value is -2.54. The highest BCUT2D eigenvalue weighted by Gasteiger charge is 2.07. The first-order valence-corrected chi connectivity index (χ1v) is 7.11. The number of hydrogen-bond donors (Lipinski definition) is 1. The minimum Gasteiger partial charge on any atom is -0.508 e. The van der Waals surface area contributed by atoms with Crippen molar-refractivity contribution < 1.29 is 5.11 Å². The SMILES string of the molecule is Cc1ccccc1-c1cc(-c2ccc(O)cc2)ccc1C. The minimum absolute atomic E-state index is 0.296. The van der Waals surface area contributed by atoms with Gasteiger partial charge in [-0.15, -0.1) is 0 Å². The van der Waals surface area contributed by atoms with Crippen LogP contribution in [-0.4, -0.2) is 5.11 Å². The van der Waals surface area contributed by atoms with Crippen LogP contribution in [0.2, 0.25) is 0 Å². The molecular weight excluding hydrogens is 256 g/mol. The van der Waals surface area contributed by atoms with E-state index in [1.54, 1.807) is 12.1 Å². The summed E-state index contributed by atoms with van der Waals surface area (Å²) < 4.78 is 0. The standard InChI is InChI=1S/C20H18O/c1-14-5-3-4-6-19(14)20-13-17(8-7-15(20)2)16-9-11-18(21)12-10-16/h3-13,21H,1-2H3. The zero-order valence-electron chi connectivity index (χ0n) is 12.3. The monoisotopic (exact) mass is 274 g/mol. The number of aromatic hydroxyl groups is 1. The van der Waals surface area contributed by atoms with E-state index < -0.39 is 0 Å². The summed E-state index contributed by atoms with van der Waals surface area (Å²) in [7, 11) is 0. The van der Waals surface area contributed by atoms with E-state index in [9.17, 15) is 5.11 Å². The summed E-state index contributed by atoms with van der Waals surface area (Å²) in [5.74, 6) is 0.296. The Balaban J connectivity index is 2.13. The lowest BCUT2D eigenvalue weighted by Gasteiger charge is -2.12. The molecule has 0 fully saturated rings. The van der Waals surface area contributed by atoms with E-state index in [0.717, 1.165) is 5.56 Å². The van der Waals surface area contributed by atoms with Crippen LogP contribution in [0.3, 0.4) is 0 Å². The molecule has 104 valence electrons. The van der Waals surface area contributed by atoms with Crippen LogP contribution >= 0.6 is 0 Å². The summed E-state index contributed by atoms with van der Waals surface area (Å²) >= 11 is 0. The number of phenols is 1. The van der Waals surface area contributed by atoms with Crippen LogP contribution in [0.1, 0.15) is 11.1 Å². The molecule has 0 saturated carbocycles. The molecule has 1 nitrogen and oxygen atoms in total. The van der Waals surface area contributed by atoms with Gasteiger partial charge in [0.25, 0.3) is 0 Å². The van der Waals surface area contributed by atoms with Crippen molar-refractivity contribution >= 4 is 0 Å². The molecule has 1 N–H and O–H groups in total. The predicted molar refractivity (Wildman–Crippen MR) is 88.5 cm³/mol. The Morgan fingerprint density at radius 1 is 0.619 bits per heavy atom. The fourth-order valence-electron chi connectivity index (χ4n) is 2.62. The maximum absolute atomic E-state index is 9.42. The van der Waals surface area contributed by atoms with E-state index in [4.69, 9.17) is 0 Å². The molecule has 0 aliphatic heterocycles. The number of benzene rings is 3. The summed E-state index contributed by atoms with van der Waals surface area (Å²) in [4.78, 5) is 0. The average molecular weight is 274 g/mol. The molecule has 1 heteroatoms. The van der Waals surface area contributed by atoms with Gasteiger partial charge in [0.1, 0.15) is 5.75 Å². The summed E-state index contributed by atoms with van der Waals surface area (Å²) in [6, 6.07) is 22.3. The van der Waals surface area contributed by atoms with Crippen LogP contribution in [0.5, 0.6) is 5.75 Å². The van der Waals surface area contributed by atoms with E-state index in [-0.39, 0.29) is 0 Å². The zero-order chi connectivity index (χ0) is 14.8. The highest BCUT2D eigenvalue weighted by atomic mass is 16.3. The lowest BCUT2D eigenvalue weighted by molar-refractivity contribution is 0.475. The second-order valence-electron chi connectivity index (χ2n) is 5.39. The van der Waals surface area contributed by atoms with Gasteiger partial charge in [-0.3, -0.25) is 0 Å². The summed E-state index contributed by atoms with van der Waals surface area (Å²) in [6.07, 6.45) is 0. The smallest absolute Gasteiger partial charge is 0.115 e. The van der Waals surface area contributed by atoms with Crippen LogP contribution in [0, 0.1) is 13.8 Å². The second-order valence-corrected chi connectivity index (χ2v) is 5.39. The lowest BCUT2D eigenvalue weighted by Crippen LogP contribution is -1.88. The Bertz CT molecular complexity index is 770. The van der Waals surface area contributed by atoms with Gasteiger partial charge in [0.15, 0.2) is 0 Å². The normalized spacial score (nSPS) is 10.6. The van der Waals surface area contributed by atoms with E-state index in [2.05, 4.69) is 56.3 Å². The largest absolute Gasteiger partial charge is 0.508 e. The van der Waals surface area contributed by atoms with E-state index in [0.29, 0.717) is 5.75 Å². The molecule has 0 unspecified atom stereocenters. The Morgan fingerprint density at radius 2 is 1.24 bits per heavy atom. The van der Waals surface area contributed by atoms with Gasteiger partial charge in [0, 0.05) is 0 Å². The molecule has 0 aliphatic rings. The maximum atomic E-state index is 9.42. The molecule has 0 heterocycles.